The Morgan fingerprint density at radius 2 is 1.93 bits per heavy atom. The second-order valence-corrected chi connectivity index (χ2v) is 3.44. The van der Waals surface area contributed by atoms with Gasteiger partial charge in [-0.1, -0.05) is 29.4 Å². The Balaban J connectivity index is 2.46. The van der Waals surface area contributed by atoms with Crippen LogP contribution in [-0.4, -0.2) is 10.9 Å². The third-order valence-corrected chi connectivity index (χ3v) is 2.39. The number of hydrogen-bond acceptors (Lipinski definition) is 3. The molecule has 1 aromatic carbocycles. The van der Waals surface area contributed by atoms with Crippen molar-refractivity contribution in [2.75, 3.05) is 0 Å². The van der Waals surface area contributed by atoms with Crippen molar-refractivity contribution in [3.63, 3.8) is 0 Å². The van der Waals surface area contributed by atoms with Crippen LogP contribution in [-0.2, 0) is 0 Å². The van der Waals surface area contributed by atoms with Gasteiger partial charge in [-0.15, -0.1) is 0 Å². The highest BCUT2D eigenvalue weighted by Gasteiger charge is 2.16. The highest BCUT2D eigenvalue weighted by Crippen LogP contribution is 2.16. The molecule has 0 amide bonds. The maximum Gasteiger partial charge on any atom is 0.198 e. The summed E-state index contributed by atoms with van der Waals surface area (Å²) in [6.45, 7) is 3.65. The predicted octanol–water partition coefficient (Wildman–Crippen LogP) is 2.52. The molecule has 2 aromatic rings. The number of carbonyl (C=O) groups excluding carboxylic acids is 1. The molecule has 0 spiro atoms. The molecule has 0 atom stereocenters. The van der Waals surface area contributed by atoms with Gasteiger partial charge >= 0.3 is 0 Å². The van der Waals surface area contributed by atoms with Gasteiger partial charge in [0.05, 0.1) is 11.8 Å². The maximum absolute atomic E-state index is 12.0. The fourth-order valence-corrected chi connectivity index (χ4v) is 1.49. The zero-order valence-corrected chi connectivity index (χ0v) is 8.65. The molecule has 2 rings (SSSR count). The number of hydrogen-bond donors (Lipinski definition) is 0. The average Bonchev–Trinajstić information content (AvgIpc) is 2.64. The van der Waals surface area contributed by atoms with Crippen LogP contribution >= 0.6 is 0 Å². The summed E-state index contributed by atoms with van der Waals surface area (Å²) in [5.74, 6) is 0.523. The van der Waals surface area contributed by atoms with Gasteiger partial charge in [0.1, 0.15) is 5.76 Å². The van der Waals surface area contributed by atoms with Crippen molar-refractivity contribution in [3.8, 4) is 0 Å². The van der Waals surface area contributed by atoms with Crippen molar-refractivity contribution in [2.45, 2.75) is 13.8 Å². The van der Waals surface area contributed by atoms with E-state index in [0.717, 1.165) is 5.56 Å². The molecule has 0 radical (unpaired) electrons. The van der Waals surface area contributed by atoms with Crippen LogP contribution in [0, 0.1) is 13.8 Å². The Morgan fingerprint density at radius 3 is 2.53 bits per heavy atom. The van der Waals surface area contributed by atoms with E-state index in [9.17, 15) is 4.79 Å². The molecule has 0 aliphatic heterocycles. The van der Waals surface area contributed by atoms with Gasteiger partial charge in [0, 0.05) is 5.56 Å². The van der Waals surface area contributed by atoms with E-state index in [1.165, 1.54) is 6.20 Å². The van der Waals surface area contributed by atoms with Gasteiger partial charge in [-0.25, -0.2) is 0 Å². The molecule has 0 unspecified atom stereocenters. The van der Waals surface area contributed by atoms with Gasteiger partial charge in [0.2, 0.25) is 0 Å². The summed E-state index contributed by atoms with van der Waals surface area (Å²) >= 11 is 0. The van der Waals surface area contributed by atoms with Crippen LogP contribution in [0.1, 0.15) is 27.2 Å². The fourth-order valence-electron chi connectivity index (χ4n) is 1.49. The predicted molar refractivity (Wildman–Crippen MR) is 55.9 cm³/mol. The third-order valence-electron chi connectivity index (χ3n) is 2.39. The summed E-state index contributed by atoms with van der Waals surface area (Å²) in [6.07, 6.45) is 1.46. The normalized spacial score (nSPS) is 10.3. The van der Waals surface area contributed by atoms with E-state index >= 15 is 0 Å². The average molecular weight is 201 g/mol. The van der Waals surface area contributed by atoms with Crippen molar-refractivity contribution >= 4 is 5.78 Å². The lowest BCUT2D eigenvalue weighted by Gasteiger charge is -2.02. The molecule has 15 heavy (non-hydrogen) atoms. The van der Waals surface area contributed by atoms with E-state index in [2.05, 4.69) is 5.16 Å². The van der Waals surface area contributed by atoms with Crippen molar-refractivity contribution in [1.82, 2.24) is 5.16 Å². The van der Waals surface area contributed by atoms with Gasteiger partial charge in [0.15, 0.2) is 5.78 Å². The lowest BCUT2D eigenvalue weighted by atomic mass is 10.0. The Morgan fingerprint density at radius 1 is 1.20 bits per heavy atom. The maximum atomic E-state index is 12.0. The number of aryl methyl sites for hydroxylation is 2. The quantitative estimate of drug-likeness (QED) is 0.701. The van der Waals surface area contributed by atoms with Gasteiger partial charge < -0.3 is 4.52 Å². The zero-order valence-electron chi connectivity index (χ0n) is 8.65. The SMILES string of the molecule is Cc1ccccc1C(=O)c1cnoc1C. The summed E-state index contributed by atoms with van der Waals surface area (Å²) < 4.78 is 4.88. The molecule has 0 aliphatic rings. The van der Waals surface area contributed by atoms with Crippen molar-refractivity contribution < 1.29 is 9.32 Å². The standard InChI is InChI=1S/C12H11NO2/c1-8-5-3-4-6-10(8)12(14)11-7-13-15-9(11)2/h3-7H,1-2H3. The number of nitrogens with zero attached hydrogens (tertiary/aromatic N) is 1. The first kappa shape index (κ1) is 9.65. The molecule has 1 heterocycles. The molecule has 0 fully saturated rings. The Bertz CT molecular complexity index is 500. The monoisotopic (exact) mass is 201 g/mol. The molecule has 3 nitrogen and oxygen atoms in total. The highest BCUT2D eigenvalue weighted by atomic mass is 16.5. The zero-order chi connectivity index (χ0) is 10.8. The van der Waals surface area contributed by atoms with E-state index in [0.29, 0.717) is 16.9 Å². The first-order valence-corrected chi connectivity index (χ1v) is 4.72. The number of carbonyl (C=O) groups is 1. The van der Waals surface area contributed by atoms with Crippen LogP contribution in [0.3, 0.4) is 0 Å². The highest BCUT2D eigenvalue weighted by molar-refractivity contribution is 6.10. The van der Waals surface area contributed by atoms with E-state index in [-0.39, 0.29) is 5.78 Å². The molecular weight excluding hydrogens is 190 g/mol. The largest absolute Gasteiger partial charge is 0.361 e. The van der Waals surface area contributed by atoms with Crippen LogP contribution in [0.15, 0.2) is 35.0 Å². The van der Waals surface area contributed by atoms with Gasteiger partial charge in [0.25, 0.3) is 0 Å². The molecule has 0 saturated heterocycles. The van der Waals surface area contributed by atoms with E-state index in [1.54, 1.807) is 6.92 Å². The molecule has 0 aliphatic carbocycles. The first-order valence-electron chi connectivity index (χ1n) is 4.72. The van der Waals surface area contributed by atoms with Crippen LogP contribution in [0.2, 0.25) is 0 Å². The second-order valence-electron chi connectivity index (χ2n) is 3.44. The molecule has 0 N–H and O–H groups in total. The molecule has 3 heteroatoms. The summed E-state index contributed by atoms with van der Waals surface area (Å²) in [4.78, 5) is 12.0. The van der Waals surface area contributed by atoms with Crippen LogP contribution in [0.25, 0.3) is 0 Å². The summed E-state index contributed by atoms with van der Waals surface area (Å²) in [5.41, 5.74) is 2.19. The van der Waals surface area contributed by atoms with Crippen LogP contribution < -0.4 is 0 Å². The van der Waals surface area contributed by atoms with Gasteiger partial charge in [-0.05, 0) is 19.4 Å². The summed E-state index contributed by atoms with van der Waals surface area (Å²) in [5, 5.41) is 3.60. The van der Waals surface area contributed by atoms with E-state index in [4.69, 9.17) is 4.52 Å². The van der Waals surface area contributed by atoms with E-state index in [1.807, 2.05) is 31.2 Å². The minimum absolute atomic E-state index is 0.0353. The van der Waals surface area contributed by atoms with Crippen LogP contribution in [0.5, 0.6) is 0 Å². The molecule has 76 valence electrons. The first-order chi connectivity index (χ1) is 7.20. The smallest absolute Gasteiger partial charge is 0.198 e. The van der Waals surface area contributed by atoms with Crippen molar-refractivity contribution in [2.24, 2.45) is 0 Å². The number of rotatable bonds is 2. The lowest BCUT2D eigenvalue weighted by molar-refractivity contribution is 0.103. The lowest BCUT2D eigenvalue weighted by Crippen LogP contribution is -2.03. The minimum Gasteiger partial charge on any atom is -0.361 e. The van der Waals surface area contributed by atoms with E-state index < -0.39 is 0 Å². The van der Waals surface area contributed by atoms with Gasteiger partial charge in [-0.2, -0.15) is 0 Å². The second kappa shape index (κ2) is 3.69. The molecule has 0 bridgehead atoms. The van der Waals surface area contributed by atoms with Crippen LogP contribution in [0.4, 0.5) is 0 Å². The third kappa shape index (κ3) is 1.68. The fraction of sp³-hybridized carbons (Fsp3) is 0.167. The molecule has 0 saturated carbocycles. The molecule has 1 aromatic heterocycles. The minimum atomic E-state index is -0.0353. The van der Waals surface area contributed by atoms with Crippen molar-refractivity contribution in [3.05, 3.63) is 52.9 Å². The van der Waals surface area contributed by atoms with Gasteiger partial charge in [-0.3, -0.25) is 4.79 Å². The molecular formula is C12H11NO2. The number of ketones is 1. The summed E-state index contributed by atoms with van der Waals surface area (Å²) in [7, 11) is 0. The Kier molecular flexibility index (Phi) is 2.37. The number of aromatic nitrogens is 1. The summed E-state index contributed by atoms with van der Waals surface area (Å²) in [6, 6.07) is 7.48. The topological polar surface area (TPSA) is 43.1 Å². The number of benzene rings is 1. The Labute approximate surface area is 87.7 Å². The van der Waals surface area contributed by atoms with Crippen molar-refractivity contribution in [1.29, 1.82) is 0 Å². The Hall–Kier alpha value is -1.90.